The quantitative estimate of drug-likeness (QED) is 0.818. The Morgan fingerprint density at radius 1 is 1.15 bits per heavy atom. The van der Waals surface area contributed by atoms with Gasteiger partial charge in [0.1, 0.15) is 0 Å². The maximum Gasteiger partial charge on any atom is 0.228 e. The monoisotopic (exact) mass is 272 g/mol. The van der Waals surface area contributed by atoms with Gasteiger partial charge in [-0.1, -0.05) is 12.1 Å². The molecule has 0 bridgehead atoms. The summed E-state index contributed by atoms with van der Waals surface area (Å²) in [5, 5.41) is 0. The molecule has 20 heavy (non-hydrogen) atoms. The van der Waals surface area contributed by atoms with Crippen molar-refractivity contribution in [3.63, 3.8) is 0 Å². The Labute approximate surface area is 119 Å². The van der Waals surface area contributed by atoms with E-state index in [0.29, 0.717) is 18.4 Å². The van der Waals surface area contributed by atoms with Gasteiger partial charge >= 0.3 is 0 Å². The van der Waals surface area contributed by atoms with Crippen LogP contribution in [0.3, 0.4) is 0 Å². The number of nitrogens with two attached hydrogens (primary N) is 1. The predicted molar refractivity (Wildman–Crippen MR) is 80.8 cm³/mol. The lowest BCUT2D eigenvalue weighted by Crippen LogP contribution is -2.24. The zero-order valence-corrected chi connectivity index (χ0v) is 11.9. The molecule has 0 saturated carbocycles. The summed E-state index contributed by atoms with van der Waals surface area (Å²) in [6, 6.07) is 9.61. The molecule has 5 heteroatoms. The van der Waals surface area contributed by atoms with Crippen molar-refractivity contribution < 1.29 is 4.74 Å². The van der Waals surface area contributed by atoms with Gasteiger partial charge in [-0.25, -0.2) is 4.98 Å². The molecule has 0 amide bonds. The van der Waals surface area contributed by atoms with Crippen LogP contribution in [0.25, 0.3) is 0 Å². The SMILES string of the molecule is CCOc1ccnc(N(CC)Cc2ccc(N)cc2)n1. The van der Waals surface area contributed by atoms with Crippen molar-refractivity contribution in [3.05, 3.63) is 42.1 Å². The molecule has 0 unspecified atom stereocenters. The number of hydrogen-bond acceptors (Lipinski definition) is 5. The van der Waals surface area contributed by atoms with Crippen LogP contribution in [0.1, 0.15) is 19.4 Å². The highest BCUT2D eigenvalue weighted by Gasteiger charge is 2.09. The number of hydrogen-bond donors (Lipinski definition) is 1. The maximum atomic E-state index is 5.70. The summed E-state index contributed by atoms with van der Waals surface area (Å²) < 4.78 is 5.41. The Kier molecular flexibility index (Phi) is 4.76. The van der Waals surface area contributed by atoms with E-state index >= 15 is 0 Å². The van der Waals surface area contributed by atoms with Crippen LogP contribution >= 0.6 is 0 Å². The van der Waals surface area contributed by atoms with E-state index in [4.69, 9.17) is 10.5 Å². The van der Waals surface area contributed by atoms with Gasteiger partial charge < -0.3 is 15.4 Å². The molecule has 0 spiro atoms. The van der Waals surface area contributed by atoms with Gasteiger partial charge in [-0.3, -0.25) is 0 Å². The summed E-state index contributed by atoms with van der Waals surface area (Å²) in [7, 11) is 0. The van der Waals surface area contributed by atoms with Gasteiger partial charge in [0, 0.05) is 31.0 Å². The molecule has 0 atom stereocenters. The van der Waals surface area contributed by atoms with E-state index < -0.39 is 0 Å². The lowest BCUT2D eigenvalue weighted by Gasteiger charge is -2.21. The first-order valence-corrected chi connectivity index (χ1v) is 6.78. The second-order valence-electron chi connectivity index (χ2n) is 4.38. The number of nitrogen functional groups attached to an aromatic ring is 1. The molecule has 0 aliphatic carbocycles. The van der Waals surface area contributed by atoms with Crippen LogP contribution < -0.4 is 15.4 Å². The summed E-state index contributed by atoms with van der Waals surface area (Å²) >= 11 is 0. The largest absolute Gasteiger partial charge is 0.478 e. The Morgan fingerprint density at radius 2 is 1.90 bits per heavy atom. The van der Waals surface area contributed by atoms with Crippen molar-refractivity contribution in [1.29, 1.82) is 0 Å². The van der Waals surface area contributed by atoms with Crippen molar-refractivity contribution in [2.45, 2.75) is 20.4 Å². The molecular weight excluding hydrogens is 252 g/mol. The molecular formula is C15H20N4O. The minimum atomic E-state index is 0.598. The Balaban J connectivity index is 2.15. The maximum absolute atomic E-state index is 5.70. The number of rotatable bonds is 6. The molecule has 0 aliphatic rings. The normalized spacial score (nSPS) is 10.3. The molecule has 106 valence electrons. The van der Waals surface area contributed by atoms with Gasteiger partial charge in [-0.05, 0) is 31.5 Å². The van der Waals surface area contributed by atoms with E-state index in [9.17, 15) is 0 Å². The molecule has 2 N–H and O–H groups in total. The smallest absolute Gasteiger partial charge is 0.228 e. The Morgan fingerprint density at radius 3 is 2.55 bits per heavy atom. The predicted octanol–water partition coefficient (Wildman–Crippen LogP) is 2.48. The molecule has 1 aromatic heterocycles. The highest BCUT2D eigenvalue weighted by atomic mass is 16.5. The Bertz CT molecular complexity index is 542. The highest BCUT2D eigenvalue weighted by molar-refractivity contribution is 5.41. The molecule has 0 radical (unpaired) electrons. The molecule has 1 heterocycles. The van der Waals surface area contributed by atoms with Crippen molar-refractivity contribution in [2.75, 3.05) is 23.8 Å². The third kappa shape index (κ3) is 3.60. The summed E-state index contributed by atoms with van der Waals surface area (Å²) in [5.41, 5.74) is 7.64. The lowest BCUT2D eigenvalue weighted by atomic mass is 10.2. The number of benzene rings is 1. The van der Waals surface area contributed by atoms with Crippen molar-refractivity contribution in [1.82, 2.24) is 9.97 Å². The first-order valence-electron chi connectivity index (χ1n) is 6.78. The van der Waals surface area contributed by atoms with Crippen LogP contribution in [-0.2, 0) is 6.54 Å². The fraction of sp³-hybridized carbons (Fsp3) is 0.333. The average molecular weight is 272 g/mol. The third-order valence-corrected chi connectivity index (χ3v) is 2.93. The molecule has 2 aromatic rings. The van der Waals surface area contributed by atoms with E-state index in [1.807, 2.05) is 31.2 Å². The van der Waals surface area contributed by atoms with Gasteiger partial charge in [-0.2, -0.15) is 4.98 Å². The van der Waals surface area contributed by atoms with Crippen molar-refractivity contribution in [2.24, 2.45) is 0 Å². The van der Waals surface area contributed by atoms with Crippen LogP contribution in [-0.4, -0.2) is 23.1 Å². The van der Waals surface area contributed by atoms with E-state index in [1.54, 1.807) is 12.3 Å². The molecule has 0 saturated heterocycles. The average Bonchev–Trinajstić information content (AvgIpc) is 2.47. The van der Waals surface area contributed by atoms with E-state index in [-0.39, 0.29) is 0 Å². The zero-order valence-electron chi connectivity index (χ0n) is 11.9. The lowest BCUT2D eigenvalue weighted by molar-refractivity contribution is 0.326. The van der Waals surface area contributed by atoms with E-state index in [1.165, 1.54) is 5.56 Å². The van der Waals surface area contributed by atoms with Crippen LogP contribution in [0.4, 0.5) is 11.6 Å². The van der Waals surface area contributed by atoms with Crippen molar-refractivity contribution in [3.8, 4) is 5.88 Å². The summed E-state index contributed by atoms with van der Waals surface area (Å²) in [4.78, 5) is 10.8. The second kappa shape index (κ2) is 6.75. The van der Waals surface area contributed by atoms with Gasteiger partial charge in [0.2, 0.25) is 11.8 Å². The first kappa shape index (κ1) is 14.1. The first-order chi connectivity index (χ1) is 9.72. The minimum absolute atomic E-state index is 0.598. The summed E-state index contributed by atoms with van der Waals surface area (Å²) in [6.07, 6.45) is 1.72. The van der Waals surface area contributed by atoms with Gasteiger partial charge in [0.05, 0.1) is 6.61 Å². The highest BCUT2D eigenvalue weighted by Crippen LogP contribution is 2.16. The summed E-state index contributed by atoms with van der Waals surface area (Å²) in [6.45, 7) is 6.18. The fourth-order valence-corrected chi connectivity index (χ4v) is 1.88. The Hall–Kier alpha value is -2.30. The molecule has 1 aromatic carbocycles. The van der Waals surface area contributed by atoms with E-state index in [2.05, 4.69) is 21.8 Å². The third-order valence-electron chi connectivity index (χ3n) is 2.93. The van der Waals surface area contributed by atoms with Crippen LogP contribution in [0, 0.1) is 0 Å². The molecule has 2 rings (SSSR count). The van der Waals surface area contributed by atoms with Crippen LogP contribution in [0.15, 0.2) is 36.5 Å². The van der Waals surface area contributed by atoms with Gasteiger partial charge in [-0.15, -0.1) is 0 Å². The molecule has 0 aliphatic heterocycles. The topological polar surface area (TPSA) is 64.3 Å². The summed E-state index contributed by atoms with van der Waals surface area (Å²) in [5.74, 6) is 1.28. The van der Waals surface area contributed by atoms with Crippen LogP contribution in [0.5, 0.6) is 5.88 Å². The molecule has 0 fully saturated rings. The standard InChI is InChI=1S/C15H20N4O/c1-3-19(11-12-5-7-13(16)8-6-12)15-17-10-9-14(18-15)20-4-2/h5-10H,3-4,11,16H2,1-2H3. The van der Waals surface area contributed by atoms with E-state index in [0.717, 1.165) is 18.8 Å². The van der Waals surface area contributed by atoms with Gasteiger partial charge in [0.25, 0.3) is 0 Å². The van der Waals surface area contributed by atoms with Gasteiger partial charge in [0.15, 0.2) is 0 Å². The van der Waals surface area contributed by atoms with Crippen molar-refractivity contribution >= 4 is 11.6 Å². The number of ether oxygens (including phenoxy) is 1. The second-order valence-corrected chi connectivity index (χ2v) is 4.38. The number of nitrogens with zero attached hydrogens (tertiary/aromatic N) is 3. The van der Waals surface area contributed by atoms with Crippen LogP contribution in [0.2, 0.25) is 0 Å². The molecule has 5 nitrogen and oxygen atoms in total. The number of anilines is 2. The fourth-order valence-electron chi connectivity index (χ4n) is 1.88. The zero-order chi connectivity index (χ0) is 14.4. The minimum Gasteiger partial charge on any atom is -0.478 e. The number of aromatic nitrogens is 2.